The minimum atomic E-state index is -0.0962. The lowest BCUT2D eigenvalue weighted by molar-refractivity contribution is 0.0677. The van der Waals surface area contributed by atoms with Gasteiger partial charge in [0.05, 0.1) is 13.2 Å². The molecule has 1 saturated heterocycles. The van der Waals surface area contributed by atoms with Crippen LogP contribution >= 0.6 is 24.8 Å². The van der Waals surface area contributed by atoms with Crippen molar-refractivity contribution < 1.29 is 13.9 Å². The van der Waals surface area contributed by atoms with E-state index in [-0.39, 0.29) is 37.3 Å². The highest BCUT2D eigenvalue weighted by atomic mass is 35.5. The van der Waals surface area contributed by atoms with E-state index in [0.717, 1.165) is 38.1 Å². The number of oxazole rings is 1. The average Bonchev–Trinajstić information content (AvgIpc) is 3.26. The third kappa shape index (κ3) is 6.85. The molecule has 4 rings (SSSR count). The molecular formula is C23H34Cl2N4O3. The number of carbonyl (C=O) groups is 1. The first kappa shape index (κ1) is 26.5. The fourth-order valence-electron chi connectivity index (χ4n) is 4.48. The molecule has 1 amide bonds. The highest BCUT2D eigenvalue weighted by molar-refractivity contribution is 5.92. The molecule has 0 radical (unpaired) electrons. The molecular weight excluding hydrogens is 451 g/mol. The minimum Gasteiger partial charge on any atom is -0.494 e. The molecule has 2 aliphatic heterocycles. The van der Waals surface area contributed by atoms with Crippen molar-refractivity contribution in [3.8, 4) is 5.75 Å². The number of halogens is 2. The first-order valence-corrected chi connectivity index (χ1v) is 11.1. The van der Waals surface area contributed by atoms with Gasteiger partial charge >= 0.3 is 0 Å². The number of nitrogens with zero attached hydrogens (tertiary/aromatic N) is 3. The Morgan fingerprint density at radius 3 is 2.78 bits per heavy atom. The van der Waals surface area contributed by atoms with E-state index in [9.17, 15) is 4.79 Å². The molecule has 3 heterocycles. The van der Waals surface area contributed by atoms with Gasteiger partial charge in [0.25, 0.3) is 5.91 Å². The van der Waals surface area contributed by atoms with Crippen molar-refractivity contribution in [3.63, 3.8) is 0 Å². The number of aromatic nitrogens is 1. The van der Waals surface area contributed by atoms with Crippen LogP contribution in [0.3, 0.4) is 0 Å². The van der Waals surface area contributed by atoms with Crippen molar-refractivity contribution >= 4 is 30.7 Å². The van der Waals surface area contributed by atoms with Crippen LogP contribution in [0.4, 0.5) is 0 Å². The first-order chi connectivity index (χ1) is 14.7. The summed E-state index contributed by atoms with van der Waals surface area (Å²) in [5.41, 5.74) is 7.25. The molecule has 1 aromatic heterocycles. The van der Waals surface area contributed by atoms with E-state index in [4.69, 9.17) is 14.9 Å². The topological polar surface area (TPSA) is 84.8 Å². The van der Waals surface area contributed by atoms with E-state index in [1.807, 2.05) is 11.0 Å². The van der Waals surface area contributed by atoms with E-state index >= 15 is 0 Å². The number of amides is 1. The van der Waals surface area contributed by atoms with Crippen molar-refractivity contribution in [1.82, 2.24) is 14.8 Å². The van der Waals surface area contributed by atoms with Crippen LogP contribution in [0.25, 0.3) is 0 Å². The van der Waals surface area contributed by atoms with Crippen molar-refractivity contribution in [2.75, 3.05) is 32.8 Å². The molecule has 0 spiro atoms. The monoisotopic (exact) mass is 484 g/mol. The van der Waals surface area contributed by atoms with E-state index in [0.29, 0.717) is 37.3 Å². The van der Waals surface area contributed by atoms with Crippen LogP contribution in [-0.4, -0.2) is 59.5 Å². The van der Waals surface area contributed by atoms with Crippen LogP contribution in [0.1, 0.15) is 54.0 Å². The minimum absolute atomic E-state index is 0. The molecule has 1 aromatic carbocycles. The average molecular weight is 485 g/mol. The number of fused-ring (bicyclic) bond motifs is 3. The maximum absolute atomic E-state index is 13.1. The summed E-state index contributed by atoms with van der Waals surface area (Å²) in [6.07, 6.45) is 8.13. The Labute approximate surface area is 202 Å². The van der Waals surface area contributed by atoms with Crippen molar-refractivity contribution in [2.45, 2.75) is 51.1 Å². The normalized spacial score (nSPS) is 20.0. The van der Waals surface area contributed by atoms with Crippen LogP contribution in [0.2, 0.25) is 0 Å². The standard InChI is InChI=1S/C23H32N4O3.2ClH/c24-16-22-25-21(17-30-22)23(28)27-11-4-14-29-20-7-3-5-18(15-20)8-9-19-6-1-2-10-26(19)12-13-27;;/h3,5,7,15,17,19H,1-2,4,6,8-14,16,24H2;2*1H. The number of hydrogen-bond acceptors (Lipinski definition) is 6. The van der Waals surface area contributed by atoms with Gasteiger partial charge in [-0.25, -0.2) is 4.98 Å². The van der Waals surface area contributed by atoms with Crippen molar-refractivity contribution in [1.29, 1.82) is 0 Å². The molecule has 1 atom stereocenters. The summed E-state index contributed by atoms with van der Waals surface area (Å²) in [5, 5.41) is 0. The summed E-state index contributed by atoms with van der Waals surface area (Å²) in [5.74, 6) is 1.20. The fourth-order valence-corrected chi connectivity index (χ4v) is 4.48. The van der Waals surface area contributed by atoms with Gasteiger partial charge in [0, 0.05) is 25.7 Å². The second-order valence-corrected chi connectivity index (χ2v) is 8.20. The van der Waals surface area contributed by atoms with Gasteiger partial charge in [-0.2, -0.15) is 0 Å². The third-order valence-electron chi connectivity index (χ3n) is 6.14. The SMILES string of the molecule is Cl.Cl.NCc1nc(C(=O)N2CCCOc3cccc(c3)CCC3CCCCN3CC2)co1. The van der Waals surface area contributed by atoms with Gasteiger partial charge in [-0.1, -0.05) is 18.6 Å². The van der Waals surface area contributed by atoms with E-state index in [2.05, 4.69) is 28.1 Å². The third-order valence-corrected chi connectivity index (χ3v) is 6.14. The van der Waals surface area contributed by atoms with E-state index in [1.165, 1.54) is 31.1 Å². The van der Waals surface area contributed by atoms with Gasteiger partial charge in [0.1, 0.15) is 12.0 Å². The van der Waals surface area contributed by atoms with Crippen LogP contribution in [-0.2, 0) is 13.0 Å². The van der Waals surface area contributed by atoms with Gasteiger partial charge in [-0.3, -0.25) is 9.69 Å². The zero-order valence-electron chi connectivity index (χ0n) is 18.4. The number of rotatable bonds is 2. The number of benzene rings is 1. The molecule has 2 aliphatic rings. The molecule has 2 N–H and O–H groups in total. The lowest BCUT2D eigenvalue weighted by Crippen LogP contribution is -2.45. The summed E-state index contributed by atoms with van der Waals surface area (Å²) in [6, 6.07) is 9.00. The van der Waals surface area contributed by atoms with Crippen LogP contribution in [0.5, 0.6) is 5.75 Å². The molecule has 178 valence electrons. The number of hydrogen-bond donors (Lipinski definition) is 1. The van der Waals surface area contributed by atoms with Crippen molar-refractivity contribution in [2.24, 2.45) is 5.73 Å². The second-order valence-electron chi connectivity index (χ2n) is 8.20. The van der Waals surface area contributed by atoms with Gasteiger partial charge in [-0.05, 0) is 56.3 Å². The highest BCUT2D eigenvalue weighted by Crippen LogP contribution is 2.23. The van der Waals surface area contributed by atoms with Gasteiger partial charge in [0.15, 0.2) is 5.69 Å². The molecule has 7 nitrogen and oxygen atoms in total. The molecule has 1 unspecified atom stereocenters. The Morgan fingerprint density at radius 2 is 1.97 bits per heavy atom. The van der Waals surface area contributed by atoms with Gasteiger partial charge in [-0.15, -0.1) is 24.8 Å². The summed E-state index contributed by atoms with van der Waals surface area (Å²) < 4.78 is 11.2. The quantitative estimate of drug-likeness (QED) is 0.699. The molecule has 9 heteroatoms. The number of piperidine rings is 1. The zero-order valence-corrected chi connectivity index (χ0v) is 20.0. The van der Waals surface area contributed by atoms with E-state index in [1.54, 1.807) is 0 Å². The maximum atomic E-state index is 13.1. The fraction of sp³-hybridized carbons (Fsp3) is 0.565. The lowest BCUT2D eigenvalue weighted by atomic mass is 9.95. The molecule has 2 aromatic rings. The van der Waals surface area contributed by atoms with Crippen LogP contribution in [0.15, 0.2) is 34.9 Å². The number of ether oxygens (including phenoxy) is 1. The molecule has 2 bridgehead atoms. The van der Waals surface area contributed by atoms with Gasteiger partial charge in [0.2, 0.25) is 5.89 Å². The molecule has 0 aliphatic carbocycles. The Kier molecular flexibility index (Phi) is 10.8. The smallest absolute Gasteiger partial charge is 0.275 e. The largest absolute Gasteiger partial charge is 0.494 e. The Bertz CT molecular complexity index is 848. The van der Waals surface area contributed by atoms with Crippen LogP contribution < -0.4 is 10.5 Å². The molecule has 32 heavy (non-hydrogen) atoms. The molecule has 1 fully saturated rings. The molecule has 0 saturated carbocycles. The number of carbonyl (C=O) groups excluding carboxylic acids is 1. The van der Waals surface area contributed by atoms with Crippen LogP contribution in [0, 0.1) is 0 Å². The Morgan fingerprint density at radius 1 is 1.09 bits per heavy atom. The van der Waals surface area contributed by atoms with E-state index < -0.39 is 0 Å². The predicted molar refractivity (Wildman–Crippen MR) is 129 cm³/mol. The number of nitrogens with two attached hydrogens (primary N) is 1. The summed E-state index contributed by atoms with van der Waals surface area (Å²) in [4.78, 5) is 21.8. The summed E-state index contributed by atoms with van der Waals surface area (Å²) in [7, 11) is 0. The second kappa shape index (κ2) is 13.0. The van der Waals surface area contributed by atoms with Crippen molar-refractivity contribution in [3.05, 3.63) is 47.7 Å². The maximum Gasteiger partial charge on any atom is 0.275 e. The Balaban J connectivity index is 0.00000181. The highest BCUT2D eigenvalue weighted by Gasteiger charge is 2.25. The zero-order chi connectivity index (χ0) is 20.8. The number of aryl methyl sites for hydroxylation is 1. The Hall–Kier alpha value is -1.80. The first-order valence-electron chi connectivity index (χ1n) is 11.1. The summed E-state index contributed by atoms with van der Waals surface area (Å²) in [6.45, 7) is 4.07. The van der Waals surface area contributed by atoms with Gasteiger partial charge < -0.3 is 19.8 Å². The predicted octanol–water partition coefficient (Wildman–Crippen LogP) is 3.69. The summed E-state index contributed by atoms with van der Waals surface area (Å²) >= 11 is 0. The lowest BCUT2D eigenvalue weighted by Gasteiger charge is -2.37.